The molecule has 0 N–H and O–H groups in total. The van der Waals surface area contributed by atoms with Gasteiger partial charge in [0.05, 0.1) is 17.6 Å². The second kappa shape index (κ2) is 5.37. The first-order valence-corrected chi connectivity index (χ1v) is 7.16. The molecule has 0 radical (unpaired) electrons. The molecule has 0 aliphatic carbocycles. The maximum atomic E-state index is 5.57. The third-order valence-electron chi connectivity index (χ3n) is 3.63. The van der Waals surface area contributed by atoms with Gasteiger partial charge < -0.3 is 4.42 Å². The van der Waals surface area contributed by atoms with Crippen LogP contribution in [0.25, 0.3) is 10.8 Å². The monoisotopic (exact) mass is 286 g/mol. The molecule has 0 amide bonds. The highest BCUT2D eigenvalue weighted by Gasteiger charge is 2.17. The van der Waals surface area contributed by atoms with Gasteiger partial charge in [-0.1, -0.05) is 54.6 Å². The number of rotatable bonds is 3. The number of benzene rings is 3. The van der Waals surface area contributed by atoms with Crippen LogP contribution in [0.1, 0.15) is 0 Å². The Balaban J connectivity index is 1.98. The summed E-state index contributed by atoms with van der Waals surface area (Å²) in [5, 5.41) is 2.35. The summed E-state index contributed by atoms with van der Waals surface area (Å²) in [7, 11) is 0. The van der Waals surface area contributed by atoms with Gasteiger partial charge >= 0.3 is 6.01 Å². The molecule has 1 heterocycles. The smallest absolute Gasteiger partial charge is 0.306 e. The van der Waals surface area contributed by atoms with Gasteiger partial charge in [-0.3, -0.25) is 4.90 Å². The molecule has 0 aliphatic heterocycles. The van der Waals surface area contributed by atoms with E-state index >= 15 is 0 Å². The largest absolute Gasteiger partial charge is 0.432 e. The molecule has 3 aromatic carbocycles. The Hall–Kier alpha value is -3.07. The van der Waals surface area contributed by atoms with Crippen molar-refractivity contribution in [3.8, 4) is 0 Å². The first-order valence-electron chi connectivity index (χ1n) is 7.16. The summed E-state index contributed by atoms with van der Waals surface area (Å²) >= 11 is 0. The lowest BCUT2D eigenvalue weighted by Gasteiger charge is -2.22. The predicted molar refractivity (Wildman–Crippen MR) is 88.7 cm³/mol. The van der Waals surface area contributed by atoms with E-state index in [-0.39, 0.29) is 0 Å². The number of hydrogen-bond donors (Lipinski definition) is 0. The zero-order chi connectivity index (χ0) is 14.8. The molecule has 0 aliphatic rings. The Kier molecular flexibility index (Phi) is 3.09. The second-order valence-electron chi connectivity index (χ2n) is 4.98. The van der Waals surface area contributed by atoms with E-state index in [1.54, 1.807) is 12.5 Å². The van der Waals surface area contributed by atoms with E-state index in [4.69, 9.17) is 4.42 Å². The molecule has 0 bridgehead atoms. The summed E-state index contributed by atoms with van der Waals surface area (Å²) in [5.74, 6) is 0. The van der Waals surface area contributed by atoms with Crippen LogP contribution in [0.15, 0.2) is 89.7 Å². The summed E-state index contributed by atoms with van der Waals surface area (Å²) in [4.78, 5) is 6.37. The first kappa shape index (κ1) is 12.7. The predicted octanol–water partition coefficient (Wildman–Crippen LogP) is 5.30. The van der Waals surface area contributed by atoms with Gasteiger partial charge in [0.2, 0.25) is 0 Å². The van der Waals surface area contributed by atoms with Crippen LogP contribution in [0.5, 0.6) is 0 Å². The molecule has 0 spiro atoms. The molecule has 0 unspecified atom stereocenters. The molecule has 3 heteroatoms. The normalized spacial score (nSPS) is 10.7. The van der Waals surface area contributed by atoms with E-state index in [0.29, 0.717) is 6.01 Å². The van der Waals surface area contributed by atoms with E-state index in [1.807, 2.05) is 47.4 Å². The van der Waals surface area contributed by atoms with Crippen molar-refractivity contribution >= 4 is 28.2 Å². The van der Waals surface area contributed by atoms with Gasteiger partial charge in [0.25, 0.3) is 0 Å². The van der Waals surface area contributed by atoms with Gasteiger partial charge in [0, 0.05) is 5.39 Å². The SMILES string of the molecule is c1ccc(N(c2ncco2)c2cccc3ccccc23)cc1. The highest BCUT2D eigenvalue weighted by atomic mass is 16.4. The quantitative estimate of drug-likeness (QED) is 0.512. The van der Waals surface area contributed by atoms with E-state index in [1.165, 1.54) is 5.39 Å². The van der Waals surface area contributed by atoms with Crippen molar-refractivity contribution in [1.82, 2.24) is 4.98 Å². The molecule has 0 saturated carbocycles. The molecule has 4 aromatic rings. The average molecular weight is 286 g/mol. The van der Waals surface area contributed by atoms with E-state index in [9.17, 15) is 0 Å². The van der Waals surface area contributed by atoms with Crippen molar-refractivity contribution < 1.29 is 4.42 Å². The van der Waals surface area contributed by atoms with Crippen LogP contribution in [0.2, 0.25) is 0 Å². The third-order valence-corrected chi connectivity index (χ3v) is 3.63. The highest BCUT2D eigenvalue weighted by Crippen LogP contribution is 2.37. The Morgan fingerprint density at radius 3 is 2.36 bits per heavy atom. The molecule has 106 valence electrons. The van der Waals surface area contributed by atoms with Gasteiger partial charge in [-0.15, -0.1) is 0 Å². The number of anilines is 3. The van der Waals surface area contributed by atoms with Crippen LogP contribution in [-0.4, -0.2) is 4.98 Å². The van der Waals surface area contributed by atoms with Crippen molar-refractivity contribution in [3.63, 3.8) is 0 Å². The summed E-state index contributed by atoms with van der Waals surface area (Å²) in [5.41, 5.74) is 2.06. The van der Waals surface area contributed by atoms with Crippen molar-refractivity contribution in [2.45, 2.75) is 0 Å². The van der Waals surface area contributed by atoms with Gasteiger partial charge in [-0.2, -0.15) is 0 Å². The molecular formula is C19H14N2O. The molecule has 4 rings (SSSR count). The van der Waals surface area contributed by atoms with Crippen molar-refractivity contribution in [2.75, 3.05) is 4.90 Å². The maximum absolute atomic E-state index is 5.57. The maximum Gasteiger partial charge on any atom is 0.306 e. The number of oxazole rings is 1. The fraction of sp³-hybridized carbons (Fsp3) is 0. The second-order valence-corrected chi connectivity index (χ2v) is 4.98. The number of nitrogens with zero attached hydrogens (tertiary/aromatic N) is 2. The number of para-hydroxylation sites is 1. The zero-order valence-corrected chi connectivity index (χ0v) is 11.9. The number of fused-ring (bicyclic) bond motifs is 1. The topological polar surface area (TPSA) is 29.3 Å². The lowest BCUT2D eigenvalue weighted by molar-refractivity contribution is 0.565. The molecule has 0 saturated heterocycles. The molecule has 0 atom stereocenters. The Bertz CT molecular complexity index is 880. The Morgan fingerprint density at radius 1 is 0.773 bits per heavy atom. The summed E-state index contributed by atoms with van der Waals surface area (Å²) in [6.45, 7) is 0. The van der Waals surface area contributed by atoms with Gasteiger partial charge in [-0.25, -0.2) is 4.98 Å². The molecular weight excluding hydrogens is 272 g/mol. The van der Waals surface area contributed by atoms with Crippen LogP contribution in [-0.2, 0) is 0 Å². The standard InChI is InChI=1S/C19H14N2O/c1-2-9-16(10-3-1)21(19-20-13-14-22-19)18-12-6-8-15-7-4-5-11-17(15)18/h1-14H. The first-order chi connectivity index (χ1) is 10.9. The van der Waals surface area contributed by atoms with Crippen LogP contribution in [0.4, 0.5) is 17.4 Å². The Labute approximate surface area is 128 Å². The highest BCUT2D eigenvalue weighted by molar-refractivity contribution is 5.97. The van der Waals surface area contributed by atoms with E-state index in [2.05, 4.69) is 35.3 Å². The van der Waals surface area contributed by atoms with Crippen LogP contribution < -0.4 is 4.90 Å². The lowest BCUT2D eigenvalue weighted by atomic mass is 10.1. The van der Waals surface area contributed by atoms with Gasteiger partial charge in [0.1, 0.15) is 6.26 Å². The lowest BCUT2D eigenvalue weighted by Crippen LogP contribution is -2.10. The fourth-order valence-electron chi connectivity index (χ4n) is 2.66. The summed E-state index contributed by atoms with van der Waals surface area (Å²) in [6, 6.07) is 25.2. The van der Waals surface area contributed by atoms with Crippen LogP contribution >= 0.6 is 0 Å². The minimum atomic E-state index is 0.558. The van der Waals surface area contributed by atoms with Crippen molar-refractivity contribution in [1.29, 1.82) is 0 Å². The zero-order valence-electron chi connectivity index (χ0n) is 11.9. The fourth-order valence-corrected chi connectivity index (χ4v) is 2.66. The summed E-state index contributed by atoms with van der Waals surface area (Å²) < 4.78 is 5.57. The number of aromatic nitrogens is 1. The van der Waals surface area contributed by atoms with Crippen molar-refractivity contribution in [3.05, 3.63) is 85.3 Å². The molecule has 3 nitrogen and oxygen atoms in total. The molecule has 1 aromatic heterocycles. The van der Waals surface area contributed by atoms with Crippen LogP contribution in [0.3, 0.4) is 0 Å². The minimum absolute atomic E-state index is 0.558. The van der Waals surface area contributed by atoms with Gasteiger partial charge in [-0.05, 0) is 23.6 Å². The van der Waals surface area contributed by atoms with Gasteiger partial charge in [0.15, 0.2) is 0 Å². The average Bonchev–Trinajstić information content (AvgIpc) is 3.11. The summed E-state index contributed by atoms with van der Waals surface area (Å²) in [6.07, 6.45) is 3.26. The van der Waals surface area contributed by atoms with E-state index in [0.717, 1.165) is 16.8 Å². The third kappa shape index (κ3) is 2.13. The Morgan fingerprint density at radius 2 is 1.55 bits per heavy atom. The van der Waals surface area contributed by atoms with Crippen LogP contribution in [0, 0.1) is 0 Å². The molecule has 0 fully saturated rings. The van der Waals surface area contributed by atoms with Crippen molar-refractivity contribution in [2.24, 2.45) is 0 Å². The minimum Gasteiger partial charge on any atom is -0.432 e. The molecule has 22 heavy (non-hydrogen) atoms. The number of hydrogen-bond acceptors (Lipinski definition) is 3. The van der Waals surface area contributed by atoms with E-state index < -0.39 is 0 Å².